The van der Waals surface area contributed by atoms with E-state index in [0.717, 1.165) is 30.9 Å². The van der Waals surface area contributed by atoms with Crippen molar-refractivity contribution < 1.29 is 4.79 Å². The Morgan fingerprint density at radius 3 is 2.75 bits per heavy atom. The summed E-state index contributed by atoms with van der Waals surface area (Å²) in [6.07, 6.45) is 0. The predicted octanol–water partition coefficient (Wildman–Crippen LogP) is 4.92. The molecule has 124 valence electrons. The van der Waals surface area contributed by atoms with Crippen molar-refractivity contribution in [2.75, 3.05) is 11.1 Å². The first-order valence-corrected chi connectivity index (χ1v) is 10.3. The highest BCUT2D eigenvalue weighted by Gasteiger charge is 2.18. The summed E-state index contributed by atoms with van der Waals surface area (Å²) >= 11 is 4.64. The molecule has 0 aliphatic heterocycles. The van der Waals surface area contributed by atoms with Crippen LogP contribution in [-0.2, 0) is 4.79 Å². The van der Waals surface area contributed by atoms with Crippen LogP contribution < -0.4 is 5.32 Å². The molecule has 0 spiro atoms. The standard InChI is InChI=1S/C17H17N3OS3/c1-3-22-16-19-20-17(24-16)23-11(2)15(21)18-14-10-6-8-12-7-4-5-9-13(12)14/h4-11H,3H2,1-2H3,(H,18,21). The summed E-state index contributed by atoms with van der Waals surface area (Å²) in [6.45, 7) is 3.97. The van der Waals surface area contributed by atoms with E-state index in [-0.39, 0.29) is 11.2 Å². The third-order valence-electron chi connectivity index (χ3n) is 3.35. The fourth-order valence-corrected chi connectivity index (χ4v) is 5.26. The van der Waals surface area contributed by atoms with Crippen molar-refractivity contribution in [2.45, 2.75) is 27.8 Å². The van der Waals surface area contributed by atoms with Gasteiger partial charge < -0.3 is 5.32 Å². The summed E-state index contributed by atoms with van der Waals surface area (Å²) in [4.78, 5) is 12.5. The van der Waals surface area contributed by atoms with E-state index in [4.69, 9.17) is 0 Å². The molecule has 3 rings (SSSR count). The number of benzene rings is 2. The lowest BCUT2D eigenvalue weighted by atomic mass is 10.1. The molecule has 1 amide bonds. The fourth-order valence-electron chi connectivity index (χ4n) is 2.20. The smallest absolute Gasteiger partial charge is 0.237 e. The zero-order valence-corrected chi connectivity index (χ0v) is 15.8. The van der Waals surface area contributed by atoms with E-state index in [2.05, 4.69) is 22.4 Å². The number of rotatable bonds is 6. The van der Waals surface area contributed by atoms with Crippen molar-refractivity contribution in [2.24, 2.45) is 0 Å². The van der Waals surface area contributed by atoms with Gasteiger partial charge in [0, 0.05) is 11.1 Å². The van der Waals surface area contributed by atoms with Crippen molar-refractivity contribution in [1.82, 2.24) is 10.2 Å². The summed E-state index contributed by atoms with van der Waals surface area (Å²) in [5.41, 5.74) is 0.838. The van der Waals surface area contributed by atoms with Crippen LogP contribution in [0.2, 0.25) is 0 Å². The number of thioether (sulfide) groups is 2. The zero-order valence-electron chi connectivity index (χ0n) is 13.4. The lowest BCUT2D eigenvalue weighted by molar-refractivity contribution is -0.115. The second kappa shape index (κ2) is 8.00. The Morgan fingerprint density at radius 2 is 1.92 bits per heavy atom. The Kier molecular flexibility index (Phi) is 5.76. The molecule has 24 heavy (non-hydrogen) atoms. The van der Waals surface area contributed by atoms with Crippen LogP contribution in [0.3, 0.4) is 0 Å². The van der Waals surface area contributed by atoms with Crippen LogP contribution in [0.5, 0.6) is 0 Å². The van der Waals surface area contributed by atoms with Gasteiger partial charge in [0.15, 0.2) is 8.68 Å². The zero-order chi connectivity index (χ0) is 16.9. The summed E-state index contributed by atoms with van der Waals surface area (Å²) in [7, 11) is 0. The molecule has 1 atom stereocenters. The van der Waals surface area contributed by atoms with Gasteiger partial charge in [-0.25, -0.2) is 0 Å². The van der Waals surface area contributed by atoms with Crippen LogP contribution in [0.4, 0.5) is 5.69 Å². The van der Waals surface area contributed by atoms with Gasteiger partial charge >= 0.3 is 0 Å². The van der Waals surface area contributed by atoms with E-state index in [9.17, 15) is 4.79 Å². The average Bonchev–Trinajstić information content (AvgIpc) is 3.02. The normalized spacial score (nSPS) is 12.2. The Hall–Kier alpha value is -1.57. The Labute approximate surface area is 153 Å². The number of amides is 1. The molecule has 0 bridgehead atoms. The Morgan fingerprint density at radius 1 is 1.17 bits per heavy atom. The summed E-state index contributed by atoms with van der Waals surface area (Å²) < 4.78 is 1.77. The molecular weight excluding hydrogens is 358 g/mol. The number of carbonyl (C=O) groups excluding carboxylic acids is 1. The number of hydrogen-bond acceptors (Lipinski definition) is 6. The molecule has 0 aliphatic rings. The molecule has 1 N–H and O–H groups in total. The second-order valence-electron chi connectivity index (χ2n) is 5.04. The van der Waals surface area contributed by atoms with Gasteiger partial charge in [0.1, 0.15) is 0 Å². The Bertz CT molecular complexity index is 844. The van der Waals surface area contributed by atoms with Crippen molar-refractivity contribution in [3.05, 3.63) is 42.5 Å². The fraction of sp³-hybridized carbons (Fsp3) is 0.235. The monoisotopic (exact) mass is 375 g/mol. The molecule has 2 aromatic carbocycles. The molecule has 1 aromatic heterocycles. The van der Waals surface area contributed by atoms with Gasteiger partial charge in [-0.2, -0.15) is 0 Å². The number of hydrogen-bond donors (Lipinski definition) is 1. The quantitative estimate of drug-likeness (QED) is 0.620. The van der Waals surface area contributed by atoms with Crippen molar-refractivity contribution >= 4 is 57.2 Å². The minimum absolute atomic E-state index is 0.0313. The van der Waals surface area contributed by atoms with Crippen molar-refractivity contribution in [3.63, 3.8) is 0 Å². The Balaban J connectivity index is 1.69. The maximum atomic E-state index is 12.5. The highest BCUT2D eigenvalue weighted by molar-refractivity contribution is 8.03. The topological polar surface area (TPSA) is 54.9 Å². The van der Waals surface area contributed by atoms with E-state index in [1.165, 1.54) is 23.1 Å². The average molecular weight is 376 g/mol. The van der Waals surface area contributed by atoms with E-state index in [0.29, 0.717) is 0 Å². The number of fused-ring (bicyclic) bond motifs is 1. The van der Waals surface area contributed by atoms with E-state index < -0.39 is 0 Å². The second-order valence-corrected chi connectivity index (χ2v) is 9.12. The third-order valence-corrected chi connectivity index (χ3v) is 6.47. The van der Waals surface area contributed by atoms with Gasteiger partial charge in [0.25, 0.3) is 0 Å². The summed E-state index contributed by atoms with van der Waals surface area (Å²) in [6, 6.07) is 13.9. The van der Waals surface area contributed by atoms with Crippen LogP contribution >= 0.6 is 34.9 Å². The minimum atomic E-state index is -0.239. The maximum Gasteiger partial charge on any atom is 0.237 e. The molecule has 0 radical (unpaired) electrons. The van der Waals surface area contributed by atoms with Crippen LogP contribution in [0, 0.1) is 0 Å². The first-order chi connectivity index (χ1) is 11.7. The van der Waals surface area contributed by atoms with Gasteiger partial charge in [-0.05, 0) is 24.1 Å². The molecular formula is C17H17N3OS3. The van der Waals surface area contributed by atoms with Crippen LogP contribution in [-0.4, -0.2) is 27.1 Å². The van der Waals surface area contributed by atoms with Gasteiger partial charge in [0.05, 0.1) is 5.25 Å². The number of nitrogens with zero attached hydrogens (tertiary/aromatic N) is 2. The number of carbonyl (C=O) groups is 1. The predicted molar refractivity (Wildman–Crippen MR) is 104 cm³/mol. The number of anilines is 1. The van der Waals surface area contributed by atoms with Crippen LogP contribution in [0.25, 0.3) is 10.8 Å². The maximum absolute atomic E-state index is 12.5. The molecule has 1 heterocycles. The van der Waals surface area contributed by atoms with Gasteiger partial charge in [-0.1, -0.05) is 78.2 Å². The van der Waals surface area contributed by atoms with Gasteiger partial charge in [-0.15, -0.1) is 10.2 Å². The number of nitrogens with one attached hydrogen (secondary N) is 1. The van der Waals surface area contributed by atoms with E-state index in [1.54, 1.807) is 11.8 Å². The van der Waals surface area contributed by atoms with E-state index in [1.807, 2.05) is 49.4 Å². The molecule has 4 nitrogen and oxygen atoms in total. The lowest BCUT2D eigenvalue weighted by Crippen LogP contribution is -2.22. The van der Waals surface area contributed by atoms with Gasteiger partial charge in [-0.3, -0.25) is 4.79 Å². The van der Waals surface area contributed by atoms with Gasteiger partial charge in [0.2, 0.25) is 5.91 Å². The van der Waals surface area contributed by atoms with Crippen LogP contribution in [0.1, 0.15) is 13.8 Å². The summed E-state index contributed by atoms with van der Waals surface area (Å²) in [5, 5.41) is 13.2. The molecule has 3 aromatic rings. The molecule has 0 fully saturated rings. The SMILES string of the molecule is CCSc1nnc(SC(C)C(=O)Nc2cccc3ccccc23)s1. The largest absolute Gasteiger partial charge is 0.325 e. The first-order valence-electron chi connectivity index (χ1n) is 7.59. The molecule has 0 saturated heterocycles. The van der Waals surface area contributed by atoms with Crippen LogP contribution in [0.15, 0.2) is 51.1 Å². The van der Waals surface area contributed by atoms with E-state index >= 15 is 0 Å². The molecule has 1 unspecified atom stereocenters. The summed E-state index contributed by atoms with van der Waals surface area (Å²) in [5.74, 6) is 0.937. The highest BCUT2D eigenvalue weighted by atomic mass is 32.2. The molecule has 7 heteroatoms. The minimum Gasteiger partial charge on any atom is -0.325 e. The lowest BCUT2D eigenvalue weighted by Gasteiger charge is -2.12. The first kappa shape index (κ1) is 17.3. The third kappa shape index (κ3) is 4.09. The molecule has 0 aliphatic carbocycles. The van der Waals surface area contributed by atoms with Crippen molar-refractivity contribution in [3.8, 4) is 0 Å². The highest BCUT2D eigenvalue weighted by Crippen LogP contribution is 2.32. The molecule has 0 saturated carbocycles. The van der Waals surface area contributed by atoms with Crippen molar-refractivity contribution in [1.29, 1.82) is 0 Å². The number of aromatic nitrogens is 2.